The van der Waals surface area contributed by atoms with Crippen molar-refractivity contribution in [2.45, 2.75) is 13.0 Å². The lowest BCUT2D eigenvalue weighted by molar-refractivity contribution is 0.354. The van der Waals surface area contributed by atoms with E-state index < -0.39 is 0 Å². The van der Waals surface area contributed by atoms with Crippen LogP contribution in [0.2, 0.25) is 0 Å². The first-order chi connectivity index (χ1) is 9.72. The third-order valence-corrected chi connectivity index (χ3v) is 3.39. The number of rotatable bonds is 7. The van der Waals surface area contributed by atoms with E-state index in [1.54, 1.807) is 14.2 Å². The van der Waals surface area contributed by atoms with Crippen LogP contribution < -0.4 is 14.8 Å². The van der Waals surface area contributed by atoms with Gasteiger partial charge >= 0.3 is 0 Å². The Balaban J connectivity index is 1.82. The quantitative estimate of drug-likeness (QED) is 0.785. The lowest BCUT2D eigenvalue weighted by atomic mass is 10.1. The van der Waals surface area contributed by atoms with Crippen LogP contribution in [0.4, 0.5) is 0 Å². The number of ether oxygens (including phenoxy) is 2. The van der Waals surface area contributed by atoms with Crippen molar-refractivity contribution in [2.24, 2.45) is 0 Å². The van der Waals surface area contributed by atoms with Crippen molar-refractivity contribution in [1.29, 1.82) is 0 Å². The SMILES string of the molecule is COc1ccc(CCNCc2ccc(Br)o2)cc1OC. The molecule has 2 rings (SSSR count). The van der Waals surface area contributed by atoms with E-state index >= 15 is 0 Å². The molecule has 2 aromatic rings. The zero-order valence-corrected chi connectivity index (χ0v) is 13.2. The fourth-order valence-corrected chi connectivity index (χ4v) is 2.27. The van der Waals surface area contributed by atoms with Crippen LogP contribution in [0.15, 0.2) is 39.4 Å². The average Bonchev–Trinajstić information content (AvgIpc) is 2.89. The van der Waals surface area contributed by atoms with E-state index in [1.807, 2.05) is 30.3 Å². The van der Waals surface area contributed by atoms with Crippen molar-refractivity contribution in [3.63, 3.8) is 0 Å². The number of hydrogen-bond donors (Lipinski definition) is 1. The van der Waals surface area contributed by atoms with Gasteiger partial charge in [-0.2, -0.15) is 0 Å². The molecule has 0 atom stereocenters. The van der Waals surface area contributed by atoms with Gasteiger partial charge in [0, 0.05) is 0 Å². The van der Waals surface area contributed by atoms with Gasteiger partial charge in [0.05, 0.1) is 20.8 Å². The van der Waals surface area contributed by atoms with Gasteiger partial charge in [-0.05, 0) is 58.7 Å². The second-order valence-electron chi connectivity index (χ2n) is 4.32. The summed E-state index contributed by atoms with van der Waals surface area (Å²) < 4.78 is 16.7. The van der Waals surface area contributed by atoms with Gasteiger partial charge in [0.1, 0.15) is 5.76 Å². The van der Waals surface area contributed by atoms with Crippen LogP contribution in [-0.2, 0) is 13.0 Å². The largest absolute Gasteiger partial charge is 0.493 e. The summed E-state index contributed by atoms with van der Waals surface area (Å²) in [4.78, 5) is 0. The topological polar surface area (TPSA) is 43.6 Å². The van der Waals surface area contributed by atoms with Crippen LogP contribution in [0.25, 0.3) is 0 Å². The molecule has 0 aliphatic rings. The first-order valence-corrected chi connectivity index (χ1v) is 7.18. The highest BCUT2D eigenvalue weighted by atomic mass is 79.9. The van der Waals surface area contributed by atoms with E-state index in [0.29, 0.717) is 0 Å². The Kier molecular flexibility index (Phi) is 5.49. The molecule has 0 saturated carbocycles. The third-order valence-electron chi connectivity index (χ3n) is 2.97. The Morgan fingerprint density at radius 3 is 2.55 bits per heavy atom. The lowest BCUT2D eigenvalue weighted by Crippen LogP contribution is -2.16. The highest BCUT2D eigenvalue weighted by molar-refractivity contribution is 9.10. The zero-order valence-electron chi connectivity index (χ0n) is 11.6. The maximum Gasteiger partial charge on any atom is 0.169 e. The van der Waals surface area contributed by atoms with Gasteiger partial charge in [0.2, 0.25) is 0 Å². The summed E-state index contributed by atoms with van der Waals surface area (Å²) in [6.07, 6.45) is 0.919. The maximum absolute atomic E-state index is 5.42. The second-order valence-corrected chi connectivity index (χ2v) is 5.10. The van der Waals surface area contributed by atoms with Crippen molar-refractivity contribution in [3.05, 3.63) is 46.3 Å². The van der Waals surface area contributed by atoms with Crippen LogP contribution in [0.1, 0.15) is 11.3 Å². The molecule has 0 unspecified atom stereocenters. The minimum atomic E-state index is 0.721. The van der Waals surface area contributed by atoms with Gasteiger partial charge in [-0.1, -0.05) is 6.07 Å². The van der Waals surface area contributed by atoms with Gasteiger partial charge < -0.3 is 19.2 Å². The highest BCUT2D eigenvalue weighted by Gasteiger charge is 2.04. The Hall–Kier alpha value is -1.46. The van der Waals surface area contributed by atoms with Crippen molar-refractivity contribution in [2.75, 3.05) is 20.8 Å². The smallest absolute Gasteiger partial charge is 0.169 e. The van der Waals surface area contributed by atoms with E-state index in [1.165, 1.54) is 5.56 Å². The molecule has 1 aromatic heterocycles. The molecule has 1 N–H and O–H groups in total. The summed E-state index contributed by atoms with van der Waals surface area (Å²) >= 11 is 3.29. The Morgan fingerprint density at radius 1 is 1.10 bits per heavy atom. The van der Waals surface area contributed by atoms with Crippen LogP contribution in [0.5, 0.6) is 11.5 Å². The Bertz CT molecular complexity index is 554. The summed E-state index contributed by atoms with van der Waals surface area (Å²) in [6.45, 7) is 1.59. The van der Waals surface area contributed by atoms with Gasteiger partial charge in [0.15, 0.2) is 16.2 Å². The number of benzene rings is 1. The van der Waals surface area contributed by atoms with Gasteiger partial charge in [-0.25, -0.2) is 0 Å². The molecule has 0 radical (unpaired) electrons. The fraction of sp³-hybridized carbons (Fsp3) is 0.333. The Labute approximate surface area is 127 Å². The maximum atomic E-state index is 5.42. The molecule has 4 nitrogen and oxygen atoms in total. The predicted molar refractivity (Wildman–Crippen MR) is 81.4 cm³/mol. The minimum absolute atomic E-state index is 0.721. The van der Waals surface area contributed by atoms with E-state index in [-0.39, 0.29) is 0 Å². The number of methoxy groups -OCH3 is 2. The van der Waals surface area contributed by atoms with Crippen molar-refractivity contribution < 1.29 is 13.9 Å². The summed E-state index contributed by atoms with van der Waals surface area (Å²) in [5.74, 6) is 2.44. The van der Waals surface area contributed by atoms with Crippen molar-refractivity contribution in [3.8, 4) is 11.5 Å². The third kappa shape index (κ3) is 4.02. The molecule has 5 heteroatoms. The summed E-state index contributed by atoms with van der Waals surface area (Å²) in [5, 5.41) is 3.34. The molecule has 108 valence electrons. The van der Waals surface area contributed by atoms with Crippen LogP contribution in [0, 0.1) is 0 Å². The van der Waals surface area contributed by atoms with E-state index in [4.69, 9.17) is 13.9 Å². The van der Waals surface area contributed by atoms with Gasteiger partial charge in [0.25, 0.3) is 0 Å². The number of halogens is 1. The zero-order chi connectivity index (χ0) is 14.4. The minimum Gasteiger partial charge on any atom is -0.493 e. The molecule has 0 amide bonds. The molecule has 1 heterocycles. The van der Waals surface area contributed by atoms with Crippen LogP contribution in [0.3, 0.4) is 0 Å². The summed E-state index contributed by atoms with van der Waals surface area (Å²) in [6, 6.07) is 9.83. The summed E-state index contributed by atoms with van der Waals surface area (Å²) in [7, 11) is 3.29. The predicted octanol–water partition coefficient (Wildman–Crippen LogP) is 3.39. The van der Waals surface area contributed by atoms with E-state index in [2.05, 4.69) is 21.2 Å². The van der Waals surface area contributed by atoms with Crippen LogP contribution >= 0.6 is 15.9 Å². The molecule has 0 spiro atoms. The fourth-order valence-electron chi connectivity index (χ4n) is 1.93. The van der Waals surface area contributed by atoms with Crippen molar-refractivity contribution >= 4 is 15.9 Å². The molecule has 1 aromatic carbocycles. The molecule has 0 fully saturated rings. The monoisotopic (exact) mass is 339 g/mol. The number of nitrogens with one attached hydrogen (secondary N) is 1. The van der Waals surface area contributed by atoms with Crippen LogP contribution in [-0.4, -0.2) is 20.8 Å². The highest BCUT2D eigenvalue weighted by Crippen LogP contribution is 2.27. The molecular formula is C15H18BrNO3. The molecule has 20 heavy (non-hydrogen) atoms. The Morgan fingerprint density at radius 2 is 1.90 bits per heavy atom. The number of furan rings is 1. The first kappa shape index (κ1) is 14.9. The molecule has 0 bridgehead atoms. The molecule has 0 aliphatic carbocycles. The van der Waals surface area contributed by atoms with Gasteiger partial charge in [-0.3, -0.25) is 0 Å². The molecule has 0 aliphatic heterocycles. The normalized spacial score (nSPS) is 10.6. The van der Waals surface area contributed by atoms with E-state index in [9.17, 15) is 0 Å². The lowest BCUT2D eigenvalue weighted by Gasteiger charge is -2.09. The standard InChI is InChI=1S/C15H18BrNO3/c1-18-13-5-3-11(9-14(13)19-2)7-8-17-10-12-4-6-15(16)20-12/h3-6,9,17H,7-8,10H2,1-2H3. The average molecular weight is 340 g/mol. The molecular weight excluding hydrogens is 322 g/mol. The number of hydrogen-bond acceptors (Lipinski definition) is 4. The molecule has 0 saturated heterocycles. The van der Waals surface area contributed by atoms with Crippen molar-refractivity contribution in [1.82, 2.24) is 5.32 Å². The second kappa shape index (κ2) is 7.36. The first-order valence-electron chi connectivity index (χ1n) is 6.38. The van der Waals surface area contributed by atoms with E-state index in [0.717, 1.165) is 41.4 Å². The van der Waals surface area contributed by atoms with Gasteiger partial charge in [-0.15, -0.1) is 0 Å². The summed E-state index contributed by atoms with van der Waals surface area (Å²) in [5.41, 5.74) is 1.20.